The summed E-state index contributed by atoms with van der Waals surface area (Å²) in [7, 11) is 3.67. The maximum absolute atomic E-state index is 5.17. The zero-order chi connectivity index (χ0) is 12.8. The molecule has 0 saturated heterocycles. The summed E-state index contributed by atoms with van der Waals surface area (Å²) < 4.78 is 5.17. The molecule has 0 radical (unpaired) electrons. The Labute approximate surface area is 121 Å². The fourth-order valence-corrected chi connectivity index (χ4v) is 1.96. The highest BCUT2D eigenvalue weighted by molar-refractivity contribution is 5.85. The van der Waals surface area contributed by atoms with Gasteiger partial charge in [0.1, 0.15) is 5.75 Å². The van der Waals surface area contributed by atoms with E-state index < -0.39 is 0 Å². The number of benzene rings is 2. The molecule has 2 aromatic rings. The summed E-state index contributed by atoms with van der Waals surface area (Å²) in [4.78, 5) is 0. The van der Waals surface area contributed by atoms with Gasteiger partial charge in [0.15, 0.2) is 0 Å². The minimum atomic E-state index is 0. The van der Waals surface area contributed by atoms with Gasteiger partial charge in [-0.15, -0.1) is 12.4 Å². The lowest BCUT2D eigenvalue weighted by molar-refractivity contribution is 0.415. The molecule has 0 fully saturated rings. The van der Waals surface area contributed by atoms with Crippen LogP contribution in [-0.4, -0.2) is 20.7 Å². The molecule has 0 atom stereocenters. The van der Waals surface area contributed by atoms with Gasteiger partial charge in [0.05, 0.1) is 7.11 Å². The van der Waals surface area contributed by atoms with Gasteiger partial charge in [0.25, 0.3) is 0 Å². The minimum Gasteiger partial charge on any atom is -0.497 e. The van der Waals surface area contributed by atoms with Crippen molar-refractivity contribution in [2.24, 2.45) is 0 Å². The Bertz CT molecular complexity index is 496. The molecule has 102 valence electrons. The highest BCUT2D eigenvalue weighted by atomic mass is 35.5. The normalized spacial score (nSPS) is 9.79. The Hall–Kier alpha value is -1.51. The molecule has 1 N–H and O–H groups in total. The van der Waals surface area contributed by atoms with Crippen LogP contribution in [0.25, 0.3) is 11.1 Å². The summed E-state index contributed by atoms with van der Waals surface area (Å²) in [5, 5.41) is 3.17. The molecule has 19 heavy (non-hydrogen) atoms. The lowest BCUT2D eigenvalue weighted by Crippen LogP contribution is -2.10. The van der Waals surface area contributed by atoms with Gasteiger partial charge in [0.2, 0.25) is 0 Å². The van der Waals surface area contributed by atoms with Gasteiger partial charge in [-0.05, 0) is 48.8 Å². The van der Waals surface area contributed by atoms with Crippen LogP contribution in [0.5, 0.6) is 5.75 Å². The average Bonchev–Trinajstić information content (AvgIpc) is 2.45. The highest BCUT2D eigenvalue weighted by Crippen LogP contribution is 2.23. The molecule has 2 rings (SSSR count). The maximum Gasteiger partial charge on any atom is 0.118 e. The molecule has 0 spiro atoms. The molecule has 0 amide bonds. The molecule has 2 aromatic carbocycles. The monoisotopic (exact) mass is 277 g/mol. The summed E-state index contributed by atoms with van der Waals surface area (Å²) in [5.41, 5.74) is 3.84. The Balaban J connectivity index is 0.00000180. The lowest BCUT2D eigenvalue weighted by Gasteiger charge is -2.06. The van der Waals surface area contributed by atoms with Crippen LogP contribution in [0.3, 0.4) is 0 Å². The second kappa shape index (κ2) is 7.82. The zero-order valence-electron chi connectivity index (χ0n) is 11.3. The van der Waals surface area contributed by atoms with Crippen LogP contribution in [-0.2, 0) is 6.42 Å². The number of hydrogen-bond acceptors (Lipinski definition) is 2. The molecule has 0 aromatic heterocycles. The standard InChI is InChI=1S/C16H19NO.ClH/c1-17-11-10-13-4-3-5-15(12-13)14-6-8-16(18-2)9-7-14;/h3-9,12,17H,10-11H2,1-2H3;1H. The van der Waals surface area contributed by atoms with Gasteiger partial charge in [-0.2, -0.15) is 0 Å². The molecule has 0 aliphatic rings. The van der Waals surface area contributed by atoms with E-state index in [1.165, 1.54) is 16.7 Å². The van der Waals surface area contributed by atoms with Crippen molar-refractivity contribution < 1.29 is 4.74 Å². The summed E-state index contributed by atoms with van der Waals surface area (Å²) in [6, 6.07) is 16.9. The predicted molar refractivity (Wildman–Crippen MR) is 83.3 cm³/mol. The van der Waals surface area contributed by atoms with Gasteiger partial charge < -0.3 is 10.1 Å². The van der Waals surface area contributed by atoms with Gasteiger partial charge in [-0.3, -0.25) is 0 Å². The van der Waals surface area contributed by atoms with E-state index in [9.17, 15) is 0 Å². The number of methoxy groups -OCH3 is 1. The number of halogens is 1. The van der Waals surface area contributed by atoms with E-state index in [1.54, 1.807) is 7.11 Å². The van der Waals surface area contributed by atoms with E-state index in [2.05, 4.69) is 41.7 Å². The summed E-state index contributed by atoms with van der Waals surface area (Å²) >= 11 is 0. The smallest absolute Gasteiger partial charge is 0.118 e. The fraction of sp³-hybridized carbons (Fsp3) is 0.250. The molecule has 0 aliphatic heterocycles. The number of nitrogens with one attached hydrogen (secondary N) is 1. The second-order valence-corrected chi connectivity index (χ2v) is 4.28. The van der Waals surface area contributed by atoms with Crippen molar-refractivity contribution in [2.75, 3.05) is 20.7 Å². The van der Waals surface area contributed by atoms with Crippen molar-refractivity contribution >= 4 is 12.4 Å². The Morgan fingerprint density at radius 2 is 1.74 bits per heavy atom. The van der Waals surface area contributed by atoms with Crippen LogP contribution < -0.4 is 10.1 Å². The first kappa shape index (κ1) is 15.5. The first-order valence-corrected chi connectivity index (χ1v) is 6.21. The maximum atomic E-state index is 5.17. The molecule has 0 saturated carbocycles. The molecular weight excluding hydrogens is 258 g/mol. The Kier molecular flexibility index (Phi) is 6.40. The van der Waals surface area contributed by atoms with Crippen molar-refractivity contribution in [3.8, 4) is 16.9 Å². The van der Waals surface area contributed by atoms with E-state index in [0.717, 1.165) is 18.7 Å². The summed E-state index contributed by atoms with van der Waals surface area (Å²) in [6.07, 6.45) is 1.06. The largest absolute Gasteiger partial charge is 0.497 e. The third-order valence-corrected chi connectivity index (χ3v) is 3.01. The first-order chi connectivity index (χ1) is 8.83. The molecule has 0 heterocycles. The van der Waals surface area contributed by atoms with Gasteiger partial charge in [-0.25, -0.2) is 0 Å². The van der Waals surface area contributed by atoms with Gasteiger partial charge in [-0.1, -0.05) is 36.4 Å². The van der Waals surface area contributed by atoms with Crippen molar-refractivity contribution in [1.82, 2.24) is 5.32 Å². The topological polar surface area (TPSA) is 21.3 Å². The van der Waals surface area contributed by atoms with E-state index in [-0.39, 0.29) is 12.4 Å². The van der Waals surface area contributed by atoms with Crippen LogP contribution in [0, 0.1) is 0 Å². The number of ether oxygens (including phenoxy) is 1. The van der Waals surface area contributed by atoms with Crippen LogP contribution in [0.1, 0.15) is 5.56 Å². The zero-order valence-corrected chi connectivity index (χ0v) is 12.2. The Morgan fingerprint density at radius 3 is 2.37 bits per heavy atom. The highest BCUT2D eigenvalue weighted by Gasteiger charge is 2.00. The van der Waals surface area contributed by atoms with Crippen LogP contribution in [0.4, 0.5) is 0 Å². The van der Waals surface area contributed by atoms with E-state index in [4.69, 9.17) is 4.74 Å². The average molecular weight is 278 g/mol. The molecule has 0 aliphatic carbocycles. The minimum absolute atomic E-state index is 0. The molecular formula is C16H20ClNO. The third-order valence-electron chi connectivity index (χ3n) is 3.01. The summed E-state index contributed by atoms with van der Waals surface area (Å²) in [6.45, 7) is 1.01. The number of rotatable bonds is 5. The van der Waals surface area contributed by atoms with Crippen LogP contribution >= 0.6 is 12.4 Å². The molecule has 2 nitrogen and oxygen atoms in total. The van der Waals surface area contributed by atoms with Crippen molar-refractivity contribution in [1.29, 1.82) is 0 Å². The van der Waals surface area contributed by atoms with Crippen molar-refractivity contribution in [3.05, 3.63) is 54.1 Å². The lowest BCUT2D eigenvalue weighted by atomic mass is 10.0. The number of hydrogen-bond donors (Lipinski definition) is 1. The van der Waals surface area contributed by atoms with E-state index >= 15 is 0 Å². The van der Waals surface area contributed by atoms with Gasteiger partial charge in [0, 0.05) is 0 Å². The second-order valence-electron chi connectivity index (χ2n) is 4.28. The predicted octanol–water partition coefficient (Wildman–Crippen LogP) is 3.55. The molecule has 0 unspecified atom stereocenters. The third kappa shape index (κ3) is 4.27. The molecule has 0 bridgehead atoms. The van der Waals surface area contributed by atoms with Crippen LogP contribution in [0.15, 0.2) is 48.5 Å². The SMILES string of the molecule is CNCCc1cccc(-c2ccc(OC)cc2)c1.Cl. The number of likely N-dealkylation sites (N-methyl/N-ethyl adjacent to an activating group) is 1. The van der Waals surface area contributed by atoms with Crippen LogP contribution in [0.2, 0.25) is 0 Å². The molecule has 3 heteroatoms. The Morgan fingerprint density at radius 1 is 1.00 bits per heavy atom. The fourth-order valence-electron chi connectivity index (χ4n) is 1.96. The quantitative estimate of drug-likeness (QED) is 0.902. The van der Waals surface area contributed by atoms with Crippen molar-refractivity contribution in [3.63, 3.8) is 0 Å². The van der Waals surface area contributed by atoms with Crippen molar-refractivity contribution in [2.45, 2.75) is 6.42 Å². The van der Waals surface area contributed by atoms with E-state index in [0.29, 0.717) is 0 Å². The summed E-state index contributed by atoms with van der Waals surface area (Å²) in [5.74, 6) is 0.894. The first-order valence-electron chi connectivity index (χ1n) is 6.21. The van der Waals surface area contributed by atoms with E-state index in [1.807, 2.05) is 19.2 Å². The van der Waals surface area contributed by atoms with Gasteiger partial charge >= 0.3 is 0 Å².